The SMILES string of the molecule is Cc1nc(F)ccc1C1(O)CC2CCC(C1)S2=O. The number of halogens is 1. The van der Waals surface area contributed by atoms with Crippen molar-refractivity contribution >= 4 is 10.8 Å². The Balaban J connectivity index is 1.98. The van der Waals surface area contributed by atoms with E-state index in [1.807, 2.05) is 0 Å². The quantitative estimate of drug-likeness (QED) is 0.791. The number of nitrogens with zero attached hydrogens (tertiary/aromatic N) is 1. The minimum absolute atomic E-state index is 0.0817. The first-order chi connectivity index (χ1) is 8.49. The van der Waals surface area contributed by atoms with Crippen molar-refractivity contribution in [3.05, 3.63) is 29.3 Å². The number of aryl methyl sites for hydroxylation is 1. The van der Waals surface area contributed by atoms with Gasteiger partial charge < -0.3 is 5.11 Å². The molecule has 0 saturated carbocycles. The normalized spacial score (nSPS) is 38.9. The van der Waals surface area contributed by atoms with Gasteiger partial charge >= 0.3 is 0 Å². The molecule has 0 aromatic carbocycles. The number of aromatic nitrogens is 1. The topological polar surface area (TPSA) is 50.2 Å². The smallest absolute Gasteiger partial charge is 0.213 e. The van der Waals surface area contributed by atoms with E-state index >= 15 is 0 Å². The maximum atomic E-state index is 13.0. The molecule has 18 heavy (non-hydrogen) atoms. The Morgan fingerprint density at radius 2 is 2.00 bits per heavy atom. The molecule has 0 radical (unpaired) electrons. The van der Waals surface area contributed by atoms with Gasteiger partial charge in [-0.2, -0.15) is 4.39 Å². The van der Waals surface area contributed by atoms with Gasteiger partial charge in [-0.25, -0.2) is 4.98 Å². The largest absolute Gasteiger partial charge is 0.385 e. The first-order valence-corrected chi connectivity index (χ1v) is 7.52. The number of hydrogen-bond acceptors (Lipinski definition) is 3. The van der Waals surface area contributed by atoms with Crippen molar-refractivity contribution in [2.24, 2.45) is 0 Å². The van der Waals surface area contributed by atoms with E-state index in [9.17, 15) is 13.7 Å². The Bertz CT molecular complexity index is 504. The van der Waals surface area contributed by atoms with E-state index in [1.165, 1.54) is 6.07 Å². The summed E-state index contributed by atoms with van der Waals surface area (Å²) in [4.78, 5) is 3.78. The summed E-state index contributed by atoms with van der Waals surface area (Å²) >= 11 is 0. The van der Waals surface area contributed by atoms with E-state index in [0.717, 1.165) is 12.8 Å². The predicted octanol–water partition coefficient (Wildman–Crippen LogP) is 1.79. The van der Waals surface area contributed by atoms with Gasteiger partial charge in [-0.1, -0.05) is 0 Å². The van der Waals surface area contributed by atoms with Gasteiger partial charge in [0.1, 0.15) is 0 Å². The number of aliphatic hydroxyl groups is 1. The molecule has 2 unspecified atom stereocenters. The maximum absolute atomic E-state index is 13.0. The molecular formula is C13H16FNO2S. The van der Waals surface area contributed by atoms with Gasteiger partial charge in [-0.05, 0) is 44.7 Å². The third-order valence-electron chi connectivity index (χ3n) is 4.15. The molecule has 3 heterocycles. The van der Waals surface area contributed by atoms with Crippen LogP contribution in [0.15, 0.2) is 12.1 Å². The summed E-state index contributed by atoms with van der Waals surface area (Å²) in [5.74, 6) is -0.526. The minimum atomic E-state index is -0.982. The molecule has 98 valence electrons. The molecule has 3 rings (SSSR count). The van der Waals surface area contributed by atoms with Crippen molar-refractivity contribution in [1.29, 1.82) is 0 Å². The molecule has 0 spiro atoms. The molecule has 2 aliphatic heterocycles. The lowest BCUT2D eigenvalue weighted by Crippen LogP contribution is -2.40. The lowest BCUT2D eigenvalue weighted by atomic mass is 9.85. The highest BCUT2D eigenvalue weighted by Crippen LogP contribution is 2.46. The molecule has 2 bridgehead atoms. The van der Waals surface area contributed by atoms with Crippen LogP contribution in [-0.4, -0.2) is 24.8 Å². The maximum Gasteiger partial charge on any atom is 0.213 e. The Hall–Kier alpha value is -0.810. The summed E-state index contributed by atoms with van der Waals surface area (Å²) in [5, 5.41) is 11.0. The van der Waals surface area contributed by atoms with Crippen LogP contribution in [0.4, 0.5) is 4.39 Å². The molecule has 3 nitrogen and oxygen atoms in total. The second-order valence-corrected chi connectivity index (χ2v) is 7.35. The summed E-state index contributed by atoms with van der Waals surface area (Å²) in [6.07, 6.45) is 2.86. The van der Waals surface area contributed by atoms with Crippen LogP contribution in [0.2, 0.25) is 0 Å². The zero-order valence-corrected chi connectivity index (χ0v) is 11.0. The summed E-state index contributed by atoms with van der Waals surface area (Å²) < 4.78 is 25.0. The van der Waals surface area contributed by atoms with E-state index in [1.54, 1.807) is 13.0 Å². The number of hydrogen-bond donors (Lipinski definition) is 1. The highest BCUT2D eigenvalue weighted by Gasteiger charge is 2.48. The third kappa shape index (κ3) is 1.80. The van der Waals surface area contributed by atoms with Crippen LogP contribution < -0.4 is 0 Å². The molecule has 2 fully saturated rings. The first kappa shape index (κ1) is 12.2. The van der Waals surface area contributed by atoms with Gasteiger partial charge in [0.15, 0.2) is 0 Å². The fourth-order valence-corrected chi connectivity index (χ4v) is 5.48. The Kier molecular flexibility index (Phi) is 2.79. The van der Waals surface area contributed by atoms with Crippen LogP contribution in [0.1, 0.15) is 36.9 Å². The second kappa shape index (κ2) is 4.10. The lowest BCUT2D eigenvalue weighted by molar-refractivity contribution is 0.0174. The summed E-state index contributed by atoms with van der Waals surface area (Å²) in [6, 6.07) is 2.90. The average Bonchev–Trinajstić information content (AvgIpc) is 2.53. The van der Waals surface area contributed by atoms with Crippen LogP contribution >= 0.6 is 0 Å². The molecule has 2 atom stereocenters. The predicted molar refractivity (Wildman–Crippen MR) is 67.0 cm³/mol. The van der Waals surface area contributed by atoms with Crippen molar-refractivity contribution < 1.29 is 13.7 Å². The van der Waals surface area contributed by atoms with Crippen molar-refractivity contribution in [2.75, 3.05) is 0 Å². The second-order valence-electron chi connectivity index (χ2n) is 5.36. The van der Waals surface area contributed by atoms with Crippen molar-refractivity contribution in [3.8, 4) is 0 Å². The van der Waals surface area contributed by atoms with Crippen LogP contribution in [0.5, 0.6) is 0 Å². The molecule has 2 aliphatic rings. The summed E-state index contributed by atoms with van der Waals surface area (Å²) in [5.41, 5.74) is 0.243. The van der Waals surface area contributed by atoms with Crippen molar-refractivity contribution in [1.82, 2.24) is 4.98 Å². The monoisotopic (exact) mass is 269 g/mol. The molecule has 1 N–H and O–H groups in total. The van der Waals surface area contributed by atoms with E-state index in [4.69, 9.17) is 0 Å². The van der Waals surface area contributed by atoms with Gasteiger partial charge in [0.2, 0.25) is 5.95 Å². The van der Waals surface area contributed by atoms with E-state index in [2.05, 4.69) is 4.98 Å². The third-order valence-corrected chi connectivity index (χ3v) is 6.27. The van der Waals surface area contributed by atoms with Crippen LogP contribution in [0.3, 0.4) is 0 Å². The molecule has 1 aromatic rings. The van der Waals surface area contributed by atoms with Crippen molar-refractivity contribution in [2.45, 2.75) is 48.7 Å². The Morgan fingerprint density at radius 1 is 1.39 bits per heavy atom. The highest BCUT2D eigenvalue weighted by molar-refractivity contribution is 7.86. The van der Waals surface area contributed by atoms with E-state index in [-0.39, 0.29) is 10.5 Å². The fourth-order valence-electron chi connectivity index (χ4n) is 3.32. The Labute approximate surface area is 108 Å². The van der Waals surface area contributed by atoms with Gasteiger partial charge in [0.25, 0.3) is 0 Å². The standard InChI is InChI=1S/C13H16FNO2S/c1-8-11(4-5-12(14)15-8)13(16)6-9-2-3-10(7-13)18(9)17/h4-5,9-10,16H,2-3,6-7H2,1H3. The first-order valence-electron chi connectivity index (χ1n) is 6.25. The van der Waals surface area contributed by atoms with Gasteiger partial charge in [-0.3, -0.25) is 4.21 Å². The zero-order valence-electron chi connectivity index (χ0n) is 10.2. The number of pyridine rings is 1. The highest BCUT2D eigenvalue weighted by atomic mass is 32.2. The van der Waals surface area contributed by atoms with Crippen LogP contribution in [0, 0.1) is 12.9 Å². The number of rotatable bonds is 1. The summed E-state index contributed by atoms with van der Waals surface area (Å²) in [7, 11) is -0.804. The van der Waals surface area contributed by atoms with Gasteiger partial charge in [-0.15, -0.1) is 0 Å². The molecule has 1 aromatic heterocycles. The summed E-state index contributed by atoms with van der Waals surface area (Å²) in [6.45, 7) is 1.71. The Morgan fingerprint density at radius 3 is 2.56 bits per heavy atom. The molecule has 0 amide bonds. The van der Waals surface area contributed by atoms with Crippen molar-refractivity contribution in [3.63, 3.8) is 0 Å². The van der Waals surface area contributed by atoms with Gasteiger partial charge in [0.05, 0.1) is 5.60 Å². The molecule has 0 aliphatic carbocycles. The van der Waals surface area contributed by atoms with Crippen LogP contribution in [0.25, 0.3) is 0 Å². The van der Waals surface area contributed by atoms with Gasteiger partial charge in [0, 0.05) is 32.6 Å². The molecule has 5 heteroatoms. The molecule has 2 saturated heterocycles. The fraction of sp³-hybridized carbons (Fsp3) is 0.615. The van der Waals surface area contributed by atoms with E-state index < -0.39 is 22.3 Å². The zero-order chi connectivity index (χ0) is 12.9. The average molecular weight is 269 g/mol. The van der Waals surface area contributed by atoms with E-state index in [0.29, 0.717) is 24.1 Å². The number of fused-ring (bicyclic) bond motifs is 2. The van der Waals surface area contributed by atoms with Crippen LogP contribution in [-0.2, 0) is 16.4 Å². The lowest BCUT2D eigenvalue weighted by Gasteiger charge is -2.36. The molecular weight excluding hydrogens is 253 g/mol. The minimum Gasteiger partial charge on any atom is -0.385 e.